The van der Waals surface area contributed by atoms with Crippen molar-refractivity contribution in [2.24, 2.45) is 0 Å². The number of hydrogen-bond donors (Lipinski definition) is 0. The predicted octanol–water partition coefficient (Wildman–Crippen LogP) is 4.09. The molecule has 2 unspecified atom stereocenters. The summed E-state index contributed by atoms with van der Waals surface area (Å²) in [5, 5.41) is 1.25. The van der Waals surface area contributed by atoms with Gasteiger partial charge in [0.15, 0.2) is 0 Å². The summed E-state index contributed by atoms with van der Waals surface area (Å²) in [5.41, 5.74) is 5.52. The average Bonchev–Trinajstić information content (AvgIpc) is 3.04. The van der Waals surface area contributed by atoms with E-state index in [1.165, 1.54) is 22.2 Å². The molecular weight excluding hydrogens is 308 g/mol. The first-order chi connectivity index (χ1) is 12.0. The number of aromatic nitrogens is 1. The lowest BCUT2D eigenvalue weighted by molar-refractivity contribution is 0.0822. The summed E-state index contributed by atoms with van der Waals surface area (Å²) in [6.07, 6.45) is 0. The van der Waals surface area contributed by atoms with Gasteiger partial charge in [-0.3, -0.25) is 9.36 Å². The molecule has 0 N–H and O–H groups in total. The third-order valence-electron chi connectivity index (χ3n) is 6.24. The van der Waals surface area contributed by atoms with Crippen molar-refractivity contribution >= 4 is 16.8 Å². The molecule has 0 amide bonds. The first kappa shape index (κ1) is 14.9. The Morgan fingerprint density at radius 3 is 2.64 bits per heavy atom. The highest BCUT2D eigenvalue weighted by atomic mass is 16.2. The van der Waals surface area contributed by atoms with E-state index in [1.807, 2.05) is 22.8 Å². The summed E-state index contributed by atoms with van der Waals surface area (Å²) < 4.78 is 2.02. The quantitative estimate of drug-likeness (QED) is 0.671. The van der Waals surface area contributed by atoms with Gasteiger partial charge < -0.3 is 4.90 Å². The topological polar surface area (TPSA) is 25.2 Å². The predicted molar refractivity (Wildman–Crippen MR) is 100 cm³/mol. The van der Waals surface area contributed by atoms with Crippen LogP contribution in [0.25, 0.3) is 10.9 Å². The molecule has 0 bridgehead atoms. The van der Waals surface area contributed by atoms with Crippen LogP contribution < -0.4 is 0 Å². The van der Waals surface area contributed by atoms with Crippen LogP contribution in [0.15, 0.2) is 48.5 Å². The second-order valence-corrected chi connectivity index (χ2v) is 7.84. The Balaban J connectivity index is 1.84. The molecule has 2 aromatic carbocycles. The highest BCUT2D eigenvalue weighted by Crippen LogP contribution is 2.52. The number of aryl methyl sites for hydroxylation is 1. The van der Waals surface area contributed by atoms with Crippen molar-refractivity contribution in [3.8, 4) is 0 Å². The highest BCUT2D eigenvalue weighted by molar-refractivity contribution is 6.04. The number of carbonyl (C=O) groups excluding carboxylic acids is 1. The summed E-state index contributed by atoms with van der Waals surface area (Å²) in [4.78, 5) is 16.0. The smallest absolute Gasteiger partial charge is 0.242 e. The fraction of sp³-hybridized carbons (Fsp3) is 0.318. The molecule has 0 spiro atoms. The fourth-order valence-electron chi connectivity index (χ4n) is 4.92. The van der Waals surface area contributed by atoms with Crippen LogP contribution in [-0.4, -0.2) is 29.0 Å². The molecule has 126 valence electrons. The van der Waals surface area contributed by atoms with E-state index in [2.05, 4.69) is 56.1 Å². The monoisotopic (exact) mass is 330 g/mol. The number of rotatable bonds is 1. The van der Waals surface area contributed by atoms with Gasteiger partial charge in [-0.2, -0.15) is 0 Å². The van der Waals surface area contributed by atoms with E-state index in [-0.39, 0.29) is 11.8 Å². The number of hydrogen-bond acceptors (Lipinski definition) is 2. The van der Waals surface area contributed by atoms with Crippen molar-refractivity contribution in [3.63, 3.8) is 0 Å². The molecule has 3 nitrogen and oxygen atoms in total. The zero-order chi connectivity index (χ0) is 17.3. The van der Waals surface area contributed by atoms with E-state index in [0.29, 0.717) is 0 Å². The van der Waals surface area contributed by atoms with Crippen molar-refractivity contribution in [2.45, 2.75) is 31.7 Å². The minimum absolute atomic E-state index is 0.198. The van der Waals surface area contributed by atoms with Crippen LogP contribution in [0, 0.1) is 6.92 Å². The van der Waals surface area contributed by atoms with Gasteiger partial charge in [-0.05, 0) is 44.2 Å². The fourth-order valence-corrected chi connectivity index (χ4v) is 4.92. The summed E-state index contributed by atoms with van der Waals surface area (Å²) in [6.45, 7) is 6.08. The van der Waals surface area contributed by atoms with Crippen LogP contribution >= 0.6 is 0 Å². The van der Waals surface area contributed by atoms with Gasteiger partial charge in [0.25, 0.3) is 0 Å². The van der Waals surface area contributed by atoms with Crippen molar-refractivity contribution in [1.29, 1.82) is 0 Å². The van der Waals surface area contributed by atoms with Crippen LogP contribution in [0.2, 0.25) is 0 Å². The van der Waals surface area contributed by atoms with Gasteiger partial charge >= 0.3 is 0 Å². The van der Waals surface area contributed by atoms with E-state index < -0.39 is 5.41 Å². The third-order valence-corrected chi connectivity index (χ3v) is 6.24. The molecule has 0 saturated heterocycles. The molecule has 5 rings (SSSR count). The summed E-state index contributed by atoms with van der Waals surface area (Å²) >= 11 is 0. The number of carbonyl (C=O) groups is 1. The molecule has 2 aliphatic rings. The van der Waals surface area contributed by atoms with Crippen molar-refractivity contribution < 1.29 is 4.79 Å². The van der Waals surface area contributed by atoms with Crippen molar-refractivity contribution in [1.82, 2.24) is 9.47 Å². The second kappa shape index (κ2) is 4.83. The minimum Gasteiger partial charge on any atom is -0.301 e. The third kappa shape index (κ3) is 1.77. The van der Waals surface area contributed by atoms with E-state index in [1.54, 1.807) is 0 Å². The Hall–Kier alpha value is -2.39. The van der Waals surface area contributed by atoms with Gasteiger partial charge in [0.05, 0.1) is 10.9 Å². The van der Waals surface area contributed by atoms with E-state index in [9.17, 15) is 4.79 Å². The Morgan fingerprint density at radius 2 is 1.88 bits per heavy atom. The van der Waals surface area contributed by atoms with Crippen LogP contribution in [0.5, 0.6) is 0 Å². The summed E-state index contributed by atoms with van der Waals surface area (Å²) in [6, 6.07) is 16.8. The normalized spacial score (nSPS) is 25.6. The van der Waals surface area contributed by atoms with Crippen LogP contribution in [-0.2, 0) is 12.0 Å². The molecule has 3 heteroatoms. The Labute approximate surface area is 147 Å². The summed E-state index contributed by atoms with van der Waals surface area (Å²) in [5.74, 6) is 0.415. The molecule has 0 radical (unpaired) electrons. The van der Waals surface area contributed by atoms with E-state index in [0.717, 1.165) is 24.2 Å². The number of fused-ring (bicyclic) bond motifs is 3. The maximum absolute atomic E-state index is 13.7. The summed E-state index contributed by atoms with van der Waals surface area (Å²) in [7, 11) is 2.16. The van der Waals surface area contributed by atoms with Gasteiger partial charge in [0, 0.05) is 30.1 Å². The number of likely N-dealkylation sites (N-methyl/N-ethyl adjacent to an activating group) is 1. The van der Waals surface area contributed by atoms with Crippen molar-refractivity contribution in [2.75, 3.05) is 13.6 Å². The first-order valence-corrected chi connectivity index (χ1v) is 8.94. The zero-order valence-corrected chi connectivity index (χ0v) is 14.9. The Kier molecular flexibility index (Phi) is 2.88. The van der Waals surface area contributed by atoms with Gasteiger partial charge in [-0.25, -0.2) is 0 Å². The van der Waals surface area contributed by atoms with Gasteiger partial charge in [-0.1, -0.05) is 42.0 Å². The highest BCUT2D eigenvalue weighted by Gasteiger charge is 2.54. The Morgan fingerprint density at radius 1 is 1.12 bits per heavy atom. The van der Waals surface area contributed by atoms with Crippen molar-refractivity contribution in [3.05, 3.63) is 70.9 Å². The van der Waals surface area contributed by atoms with E-state index in [4.69, 9.17) is 0 Å². The number of benzene rings is 2. The molecule has 0 saturated carbocycles. The lowest BCUT2D eigenvalue weighted by atomic mass is 9.70. The Bertz CT molecular complexity index is 1020. The molecule has 0 aliphatic carbocycles. The van der Waals surface area contributed by atoms with Crippen LogP contribution in [0.3, 0.4) is 0 Å². The molecule has 2 aliphatic heterocycles. The largest absolute Gasteiger partial charge is 0.301 e. The molecule has 3 aromatic rings. The average molecular weight is 330 g/mol. The molecule has 3 heterocycles. The van der Waals surface area contributed by atoms with Gasteiger partial charge in [0.2, 0.25) is 5.91 Å². The maximum Gasteiger partial charge on any atom is 0.242 e. The van der Waals surface area contributed by atoms with Gasteiger partial charge in [0.1, 0.15) is 0 Å². The molecule has 1 aromatic heterocycles. The second-order valence-electron chi connectivity index (χ2n) is 7.84. The lowest BCUT2D eigenvalue weighted by Crippen LogP contribution is -2.41. The molecular formula is C22H22N2O. The molecule has 25 heavy (non-hydrogen) atoms. The first-order valence-electron chi connectivity index (χ1n) is 8.94. The number of nitrogens with zero attached hydrogens (tertiary/aromatic N) is 2. The van der Waals surface area contributed by atoms with E-state index >= 15 is 0 Å². The lowest BCUT2D eigenvalue weighted by Gasteiger charge is -2.36. The van der Waals surface area contributed by atoms with Gasteiger partial charge in [-0.15, -0.1) is 0 Å². The maximum atomic E-state index is 13.7. The van der Waals surface area contributed by atoms with Crippen LogP contribution in [0.4, 0.5) is 0 Å². The SMILES string of the molecule is Cc1ccc2c(c1)c1c3n2C(=O)C(C)(c2ccccc2)C3CN(C)C1. The molecule has 0 fully saturated rings. The standard InChI is InChI=1S/C22H22N2O/c1-14-9-10-19-16(11-14)17-12-23(3)13-18-20(17)24(19)21(25)22(18,2)15-7-5-4-6-8-15/h4-11,18H,12-13H2,1-3H3. The minimum atomic E-state index is -0.501. The zero-order valence-electron chi connectivity index (χ0n) is 14.9. The van der Waals surface area contributed by atoms with Crippen LogP contribution in [0.1, 0.15) is 40.0 Å². The molecule has 2 atom stereocenters.